The molecule has 1 aliphatic rings. The number of benzene rings is 1. The molecule has 0 amide bonds. The molecule has 0 aliphatic carbocycles. The first-order valence-electron chi connectivity index (χ1n) is 9.68. The van der Waals surface area contributed by atoms with Crippen LogP contribution in [0.3, 0.4) is 0 Å². The predicted molar refractivity (Wildman–Crippen MR) is 110 cm³/mol. The molecule has 12 heteroatoms. The lowest BCUT2D eigenvalue weighted by Gasteiger charge is -2.16. The van der Waals surface area contributed by atoms with E-state index in [4.69, 9.17) is 4.52 Å². The van der Waals surface area contributed by atoms with Crippen LogP contribution in [0.2, 0.25) is 0 Å². The second-order valence-electron chi connectivity index (χ2n) is 7.16. The topological polar surface area (TPSA) is 107 Å². The summed E-state index contributed by atoms with van der Waals surface area (Å²) in [6.07, 6.45) is 2.69. The summed E-state index contributed by atoms with van der Waals surface area (Å²) in [5, 5.41) is 8.37. The lowest BCUT2D eigenvalue weighted by molar-refractivity contribution is 0.421. The molecule has 5 rings (SSSR count). The lowest BCUT2D eigenvalue weighted by atomic mass is 10.2. The first kappa shape index (κ1) is 20.2. The van der Waals surface area contributed by atoms with Crippen molar-refractivity contribution in [2.75, 3.05) is 16.6 Å². The molecule has 4 heterocycles. The molecule has 1 saturated heterocycles. The molecule has 164 valence electrons. The highest BCUT2D eigenvalue weighted by molar-refractivity contribution is 7.93. The van der Waals surface area contributed by atoms with Gasteiger partial charge in [0.2, 0.25) is 10.0 Å². The van der Waals surface area contributed by atoms with Crippen molar-refractivity contribution in [1.82, 2.24) is 24.9 Å². The van der Waals surface area contributed by atoms with E-state index in [0.717, 1.165) is 10.5 Å². The largest absolute Gasteiger partial charge is 0.364 e. The van der Waals surface area contributed by atoms with Gasteiger partial charge in [-0.15, -0.1) is 0 Å². The van der Waals surface area contributed by atoms with Gasteiger partial charge in [0.15, 0.2) is 17.5 Å². The minimum absolute atomic E-state index is 0.0283. The molecule has 0 saturated carbocycles. The van der Waals surface area contributed by atoms with Crippen LogP contribution >= 0.6 is 0 Å². The summed E-state index contributed by atoms with van der Waals surface area (Å²) in [6.45, 7) is 0.227. The molecule has 0 radical (unpaired) electrons. The minimum Gasteiger partial charge on any atom is -0.364 e. The highest BCUT2D eigenvalue weighted by Crippen LogP contribution is 2.29. The van der Waals surface area contributed by atoms with E-state index in [1.54, 1.807) is 30.3 Å². The minimum atomic E-state index is -3.63. The van der Waals surface area contributed by atoms with Crippen LogP contribution < -0.4 is 4.31 Å². The van der Waals surface area contributed by atoms with Crippen LogP contribution in [0.1, 0.15) is 12.0 Å². The summed E-state index contributed by atoms with van der Waals surface area (Å²) >= 11 is 0. The Labute approximate surface area is 181 Å². The van der Waals surface area contributed by atoms with Crippen LogP contribution in [0.4, 0.5) is 14.6 Å². The standard InChI is InChI=1S/C20H16F2N6O3S/c21-14-5-2-1-4-13(14)12-27-18(16-6-8-31-26-16)10-17(25-27)19-23-11-15(22)20(24-19)28-7-3-9-32(28,29)30/h1-2,4-6,8,10-11H,3,7,9,12H2. The Balaban J connectivity index is 1.59. The third-order valence-electron chi connectivity index (χ3n) is 5.05. The Morgan fingerprint density at radius 1 is 1.09 bits per heavy atom. The summed E-state index contributed by atoms with van der Waals surface area (Å²) in [7, 11) is -3.63. The average molecular weight is 458 g/mol. The Morgan fingerprint density at radius 2 is 1.94 bits per heavy atom. The molecule has 1 fully saturated rings. The summed E-state index contributed by atoms with van der Waals surface area (Å²) < 4.78 is 60.5. The molecular formula is C20H16F2N6O3S. The van der Waals surface area contributed by atoms with E-state index in [2.05, 4.69) is 20.2 Å². The van der Waals surface area contributed by atoms with E-state index in [9.17, 15) is 17.2 Å². The maximum atomic E-state index is 14.4. The van der Waals surface area contributed by atoms with E-state index in [1.807, 2.05) is 0 Å². The second-order valence-corrected chi connectivity index (χ2v) is 9.17. The van der Waals surface area contributed by atoms with Gasteiger partial charge in [-0.2, -0.15) is 5.10 Å². The van der Waals surface area contributed by atoms with Crippen molar-refractivity contribution < 1.29 is 21.7 Å². The molecule has 9 nitrogen and oxygen atoms in total. The summed E-state index contributed by atoms with van der Waals surface area (Å²) in [4.78, 5) is 8.13. The van der Waals surface area contributed by atoms with Gasteiger partial charge in [0.1, 0.15) is 23.5 Å². The smallest absolute Gasteiger partial charge is 0.236 e. The summed E-state index contributed by atoms with van der Waals surface area (Å²) in [5.41, 5.74) is 1.60. The number of halogens is 2. The molecule has 0 bridgehead atoms. The third kappa shape index (κ3) is 3.62. The van der Waals surface area contributed by atoms with Crippen LogP contribution in [0.15, 0.2) is 53.4 Å². The molecule has 4 aromatic rings. The monoisotopic (exact) mass is 458 g/mol. The van der Waals surface area contributed by atoms with Crippen molar-refractivity contribution in [2.24, 2.45) is 0 Å². The number of aromatic nitrogens is 5. The number of nitrogens with zero attached hydrogens (tertiary/aromatic N) is 6. The van der Waals surface area contributed by atoms with Crippen molar-refractivity contribution in [3.05, 3.63) is 66.1 Å². The molecule has 0 atom stereocenters. The van der Waals surface area contributed by atoms with Crippen LogP contribution in [0, 0.1) is 11.6 Å². The zero-order valence-electron chi connectivity index (χ0n) is 16.5. The van der Waals surface area contributed by atoms with Crippen molar-refractivity contribution in [1.29, 1.82) is 0 Å². The second kappa shape index (κ2) is 7.79. The molecule has 3 aromatic heterocycles. The normalized spacial score (nSPS) is 15.4. The number of hydrogen-bond donors (Lipinski definition) is 0. The van der Waals surface area contributed by atoms with Gasteiger partial charge in [-0.3, -0.25) is 8.99 Å². The maximum Gasteiger partial charge on any atom is 0.236 e. The fraction of sp³-hybridized carbons (Fsp3) is 0.200. The predicted octanol–water partition coefficient (Wildman–Crippen LogP) is 2.86. The van der Waals surface area contributed by atoms with E-state index >= 15 is 0 Å². The Morgan fingerprint density at radius 3 is 2.66 bits per heavy atom. The summed E-state index contributed by atoms with van der Waals surface area (Å²) in [6, 6.07) is 9.51. The van der Waals surface area contributed by atoms with Gasteiger partial charge < -0.3 is 4.52 Å². The van der Waals surface area contributed by atoms with Gasteiger partial charge in [0, 0.05) is 18.2 Å². The molecule has 1 aromatic carbocycles. The van der Waals surface area contributed by atoms with Crippen molar-refractivity contribution in [3.8, 4) is 22.9 Å². The van der Waals surface area contributed by atoms with Crippen molar-refractivity contribution in [3.63, 3.8) is 0 Å². The molecular weight excluding hydrogens is 442 g/mol. The fourth-order valence-electron chi connectivity index (χ4n) is 3.52. The Kier molecular flexibility index (Phi) is 4.93. The highest BCUT2D eigenvalue weighted by Gasteiger charge is 2.32. The number of anilines is 1. The van der Waals surface area contributed by atoms with Crippen LogP contribution in [0.5, 0.6) is 0 Å². The van der Waals surface area contributed by atoms with Crippen LogP contribution in [-0.4, -0.2) is 45.6 Å². The van der Waals surface area contributed by atoms with E-state index in [0.29, 0.717) is 23.4 Å². The maximum absolute atomic E-state index is 14.4. The fourth-order valence-corrected chi connectivity index (χ4v) is 5.03. The Hall–Kier alpha value is -3.67. The number of hydrogen-bond acceptors (Lipinski definition) is 7. The van der Waals surface area contributed by atoms with Gasteiger partial charge in [-0.25, -0.2) is 27.2 Å². The van der Waals surface area contributed by atoms with Crippen molar-refractivity contribution >= 4 is 15.8 Å². The molecule has 32 heavy (non-hydrogen) atoms. The molecule has 1 aliphatic heterocycles. The van der Waals surface area contributed by atoms with Gasteiger partial charge >= 0.3 is 0 Å². The average Bonchev–Trinajstić information content (AvgIpc) is 3.50. The van der Waals surface area contributed by atoms with Gasteiger partial charge in [-0.1, -0.05) is 23.4 Å². The van der Waals surface area contributed by atoms with Gasteiger partial charge in [0.25, 0.3) is 0 Å². The van der Waals surface area contributed by atoms with Gasteiger partial charge in [0.05, 0.1) is 24.2 Å². The zero-order valence-corrected chi connectivity index (χ0v) is 17.3. The third-order valence-corrected chi connectivity index (χ3v) is 6.88. The molecule has 0 spiro atoms. The first-order chi connectivity index (χ1) is 15.4. The van der Waals surface area contributed by atoms with Crippen LogP contribution in [-0.2, 0) is 16.6 Å². The zero-order chi connectivity index (χ0) is 22.3. The number of sulfonamides is 1. The van der Waals surface area contributed by atoms with Crippen LogP contribution in [0.25, 0.3) is 22.9 Å². The van der Waals surface area contributed by atoms with E-state index in [1.165, 1.54) is 17.0 Å². The quantitative estimate of drug-likeness (QED) is 0.453. The highest BCUT2D eigenvalue weighted by atomic mass is 32.2. The van der Waals surface area contributed by atoms with E-state index in [-0.39, 0.29) is 36.2 Å². The van der Waals surface area contributed by atoms with E-state index < -0.39 is 21.7 Å². The molecule has 0 unspecified atom stereocenters. The summed E-state index contributed by atoms with van der Waals surface area (Å²) in [5.74, 6) is -1.60. The Bertz CT molecular complexity index is 1390. The SMILES string of the molecule is O=S1(=O)CCCN1c1nc(-c2cc(-c3ccon3)n(Cc3ccccc3F)n2)ncc1F. The first-order valence-corrected chi connectivity index (χ1v) is 11.3. The number of rotatable bonds is 5. The lowest BCUT2D eigenvalue weighted by Crippen LogP contribution is -2.27. The van der Waals surface area contributed by atoms with Gasteiger partial charge in [-0.05, 0) is 18.6 Å². The molecule has 0 N–H and O–H groups in total. The van der Waals surface area contributed by atoms with Crippen molar-refractivity contribution in [2.45, 2.75) is 13.0 Å².